The van der Waals surface area contributed by atoms with Gasteiger partial charge in [0.15, 0.2) is 0 Å². The average Bonchev–Trinajstić information content (AvgIpc) is 2.77. The van der Waals surface area contributed by atoms with Crippen LogP contribution < -0.4 is 11.1 Å². The highest BCUT2D eigenvalue weighted by atomic mass is 16.6. The highest BCUT2D eigenvalue weighted by Crippen LogP contribution is 2.23. The van der Waals surface area contributed by atoms with Gasteiger partial charge in [0.1, 0.15) is 5.60 Å². The first kappa shape index (κ1) is 14.4. The lowest BCUT2D eigenvalue weighted by Gasteiger charge is -2.23. The molecular weight excluding hydrogens is 254 g/mol. The van der Waals surface area contributed by atoms with Crippen molar-refractivity contribution in [1.82, 2.24) is 10.3 Å². The van der Waals surface area contributed by atoms with E-state index in [1.54, 1.807) is 0 Å². The smallest absolute Gasteiger partial charge is 0.408 e. The van der Waals surface area contributed by atoms with Gasteiger partial charge < -0.3 is 20.8 Å². The molecule has 0 radical (unpaired) electrons. The monoisotopic (exact) mass is 275 g/mol. The summed E-state index contributed by atoms with van der Waals surface area (Å²) in [5, 5.41) is 3.87. The van der Waals surface area contributed by atoms with Gasteiger partial charge in [0.2, 0.25) is 0 Å². The number of nitrogens with one attached hydrogen (secondary N) is 2. The van der Waals surface area contributed by atoms with E-state index in [0.29, 0.717) is 6.54 Å². The molecule has 0 saturated heterocycles. The van der Waals surface area contributed by atoms with Gasteiger partial charge in [0.05, 0.1) is 6.04 Å². The first-order chi connectivity index (χ1) is 9.40. The number of fused-ring (bicyclic) bond motifs is 1. The fourth-order valence-corrected chi connectivity index (χ4v) is 2.10. The summed E-state index contributed by atoms with van der Waals surface area (Å²) in [6.45, 7) is 5.79. The Morgan fingerprint density at radius 3 is 2.75 bits per heavy atom. The van der Waals surface area contributed by atoms with Crippen LogP contribution in [-0.2, 0) is 4.74 Å². The van der Waals surface area contributed by atoms with Gasteiger partial charge in [-0.15, -0.1) is 0 Å². The minimum absolute atomic E-state index is 0.277. The van der Waals surface area contributed by atoms with Crippen LogP contribution in [0.3, 0.4) is 0 Å². The van der Waals surface area contributed by atoms with E-state index < -0.39 is 11.7 Å². The molecule has 1 aromatic heterocycles. The third-order valence-corrected chi connectivity index (χ3v) is 2.92. The number of H-pyrrole nitrogens is 1. The minimum Gasteiger partial charge on any atom is -0.444 e. The summed E-state index contributed by atoms with van der Waals surface area (Å²) in [7, 11) is 0. The number of carbonyl (C=O) groups excluding carboxylic acids is 1. The van der Waals surface area contributed by atoms with Crippen molar-refractivity contribution in [3.63, 3.8) is 0 Å². The Morgan fingerprint density at radius 1 is 1.40 bits per heavy atom. The highest BCUT2D eigenvalue weighted by molar-refractivity contribution is 5.84. The fourth-order valence-electron chi connectivity index (χ4n) is 2.10. The number of alkyl carbamates (subject to hydrolysis) is 1. The van der Waals surface area contributed by atoms with Gasteiger partial charge in [0, 0.05) is 29.2 Å². The van der Waals surface area contributed by atoms with Gasteiger partial charge in [-0.3, -0.25) is 0 Å². The van der Waals surface area contributed by atoms with Crippen LogP contribution in [0.5, 0.6) is 0 Å². The Labute approximate surface area is 118 Å². The van der Waals surface area contributed by atoms with E-state index in [2.05, 4.69) is 10.3 Å². The topological polar surface area (TPSA) is 80.1 Å². The number of hydrogen-bond donors (Lipinski definition) is 3. The molecule has 0 bridgehead atoms. The van der Waals surface area contributed by atoms with Crippen LogP contribution in [0.25, 0.3) is 10.9 Å². The fraction of sp³-hybridized carbons (Fsp3) is 0.400. The lowest BCUT2D eigenvalue weighted by atomic mass is 10.1. The number of aromatic amines is 1. The number of benzene rings is 1. The van der Waals surface area contributed by atoms with Crippen LogP contribution in [0.15, 0.2) is 30.5 Å². The molecule has 1 aromatic carbocycles. The zero-order chi connectivity index (χ0) is 14.8. The molecule has 5 heteroatoms. The number of nitrogens with two attached hydrogens (primary N) is 1. The Hall–Kier alpha value is -2.01. The molecule has 0 aliphatic carbocycles. The SMILES string of the molecule is CC(C)(C)OC(=O)NC(CN)c1c[nH]c2ccccc12. The Morgan fingerprint density at radius 2 is 2.10 bits per heavy atom. The molecule has 0 spiro atoms. The number of rotatable bonds is 3. The maximum Gasteiger partial charge on any atom is 0.408 e. The number of carbonyl (C=O) groups is 1. The molecule has 20 heavy (non-hydrogen) atoms. The van der Waals surface area contributed by atoms with Crippen LogP contribution in [0.1, 0.15) is 32.4 Å². The molecule has 1 atom stereocenters. The van der Waals surface area contributed by atoms with Crippen LogP contribution in [-0.4, -0.2) is 23.2 Å². The first-order valence-electron chi connectivity index (χ1n) is 6.66. The summed E-state index contributed by atoms with van der Waals surface area (Å²) in [5.41, 5.74) is 7.25. The predicted octanol–water partition coefficient (Wildman–Crippen LogP) is 2.69. The largest absolute Gasteiger partial charge is 0.444 e. The van der Waals surface area contributed by atoms with Gasteiger partial charge in [-0.25, -0.2) is 4.79 Å². The van der Waals surface area contributed by atoms with E-state index in [4.69, 9.17) is 10.5 Å². The van der Waals surface area contributed by atoms with Crippen molar-refractivity contribution in [3.05, 3.63) is 36.0 Å². The normalized spacial score (nSPS) is 13.2. The van der Waals surface area contributed by atoms with Crippen molar-refractivity contribution in [2.45, 2.75) is 32.4 Å². The van der Waals surface area contributed by atoms with Crippen LogP contribution >= 0.6 is 0 Å². The summed E-state index contributed by atoms with van der Waals surface area (Å²) in [6, 6.07) is 7.63. The molecule has 2 rings (SSSR count). The van der Waals surface area contributed by atoms with Crippen molar-refractivity contribution in [3.8, 4) is 0 Å². The summed E-state index contributed by atoms with van der Waals surface area (Å²) >= 11 is 0. The van der Waals surface area contributed by atoms with E-state index in [1.165, 1.54) is 0 Å². The van der Waals surface area contributed by atoms with Gasteiger partial charge in [-0.2, -0.15) is 0 Å². The summed E-state index contributed by atoms with van der Waals surface area (Å²) in [6.07, 6.45) is 1.41. The highest BCUT2D eigenvalue weighted by Gasteiger charge is 2.21. The van der Waals surface area contributed by atoms with E-state index in [1.807, 2.05) is 51.2 Å². The predicted molar refractivity (Wildman–Crippen MR) is 79.5 cm³/mol. The van der Waals surface area contributed by atoms with Crippen LogP contribution in [0.4, 0.5) is 4.79 Å². The minimum atomic E-state index is -0.524. The standard InChI is InChI=1S/C15H21N3O2/c1-15(2,3)20-14(19)18-13(8-16)11-9-17-12-7-5-4-6-10(11)12/h4-7,9,13,17H,8,16H2,1-3H3,(H,18,19). The summed E-state index contributed by atoms with van der Waals surface area (Å²) < 4.78 is 5.26. The van der Waals surface area contributed by atoms with E-state index >= 15 is 0 Å². The van der Waals surface area contributed by atoms with Crippen LogP contribution in [0, 0.1) is 0 Å². The molecule has 4 N–H and O–H groups in total. The molecule has 1 heterocycles. The third-order valence-electron chi connectivity index (χ3n) is 2.92. The lowest BCUT2D eigenvalue weighted by molar-refractivity contribution is 0.0505. The van der Waals surface area contributed by atoms with Gasteiger partial charge >= 0.3 is 6.09 Å². The molecule has 1 amide bonds. The molecule has 108 valence electrons. The molecule has 1 unspecified atom stereocenters. The van der Waals surface area contributed by atoms with Crippen molar-refractivity contribution < 1.29 is 9.53 Å². The number of para-hydroxylation sites is 1. The molecular formula is C15H21N3O2. The average molecular weight is 275 g/mol. The lowest BCUT2D eigenvalue weighted by Crippen LogP contribution is -2.37. The first-order valence-corrected chi connectivity index (χ1v) is 6.66. The third kappa shape index (κ3) is 3.30. The van der Waals surface area contributed by atoms with E-state index in [-0.39, 0.29) is 6.04 Å². The molecule has 0 aliphatic rings. The van der Waals surface area contributed by atoms with Crippen molar-refractivity contribution in [2.75, 3.05) is 6.54 Å². The van der Waals surface area contributed by atoms with Gasteiger partial charge in [0.25, 0.3) is 0 Å². The summed E-state index contributed by atoms with van der Waals surface area (Å²) in [5.74, 6) is 0. The Balaban J connectivity index is 2.18. The maximum atomic E-state index is 11.9. The quantitative estimate of drug-likeness (QED) is 0.805. The van der Waals surface area contributed by atoms with E-state index in [0.717, 1.165) is 16.5 Å². The second-order valence-electron chi connectivity index (χ2n) is 5.72. The van der Waals surface area contributed by atoms with Gasteiger partial charge in [-0.1, -0.05) is 18.2 Å². The second-order valence-corrected chi connectivity index (χ2v) is 5.72. The zero-order valence-electron chi connectivity index (χ0n) is 12.1. The molecule has 2 aromatic rings. The van der Waals surface area contributed by atoms with Crippen molar-refractivity contribution >= 4 is 17.0 Å². The van der Waals surface area contributed by atoms with Crippen molar-refractivity contribution in [2.24, 2.45) is 5.73 Å². The number of ether oxygens (including phenoxy) is 1. The van der Waals surface area contributed by atoms with Gasteiger partial charge in [-0.05, 0) is 26.8 Å². The maximum absolute atomic E-state index is 11.9. The van der Waals surface area contributed by atoms with Crippen molar-refractivity contribution in [1.29, 1.82) is 0 Å². The second kappa shape index (κ2) is 5.54. The molecule has 5 nitrogen and oxygen atoms in total. The van der Waals surface area contributed by atoms with Crippen LogP contribution in [0.2, 0.25) is 0 Å². The summed E-state index contributed by atoms with van der Waals surface area (Å²) in [4.78, 5) is 15.0. The Kier molecular flexibility index (Phi) is 3.99. The number of amides is 1. The van der Waals surface area contributed by atoms with E-state index in [9.17, 15) is 4.79 Å². The molecule has 0 aliphatic heterocycles. The molecule has 0 saturated carbocycles. The Bertz CT molecular complexity index is 598. The number of hydrogen-bond acceptors (Lipinski definition) is 3. The zero-order valence-corrected chi connectivity index (χ0v) is 12.1. The number of aromatic nitrogens is 1. The molecule has 0 fully saturated rings.